The molecule has 1 aromatic carbocycles. The summed E-state index contributed by atoms with van der Waals surface area (Å²) in [4.78, 5) is 17.0. The summed E-state index contributed by atoms with van der Waals surface area (Å²) in [5.41, 5.74) is 3.63. The van der Waals surface area contributed by atoms with Gasteiger partial charge in [0.15, 0.2) is 5.76 Å². The third-order valence-electron chi connectivity index (χ3n) is 4.91. The van der Waals surface area contributed by atoms with Crippen molar-refractivity contribution in [2.75, 3.05) is 26.2 Å². The van der Waals surface area contributed by atoms with Gasteiger partial charge in [0.25, 0.3) is 5.91 Å². The van der Waals surface area contributed by atoms with E-state index in [2.05, 4.69) is 15.2 Å². The summed E-state index contributed by atoms with van der Waals surface area (Å²) in [6.45, 7) is 7.75. The second-order valence-corrected chi connectivity index (χ2v) is 6.93. The Morgan fingerprint density at radius 1 is 1.07 bits per heavy atom. The van der Waals surface area contributed by atoms with Gasteiger partial charge in [0.1, 0.15) is 0 Å². The number of carbonyl (C=O) groups excluding carboxylic acids is 1. The number of aromatic nitrogens is 3. The van der Waals surface area contributed by atoms with E-state index in [-0.39, 0.29) is 5.91 Å². The highest BCUT2D eigenvalue weighted by atomic mass is 16.5. The molecule has 0 saturated carbocycles. The van der Waals surface area contributed by atoms with E-state index in [1.54, 1.807) is 6.20 Å². The number of carbonyl (C=O) groups is 1. The molecule has 0 unspecified atom stereocenters. The summed E-state index contributed by atoms with van der Waals surface area (Å²) < 4.78 is 7.14. The lowest BCUT2D eigenvalue weighted by Crippen LogP contribution is -2.48. The van der Waals surface area contributed by atoms with Crippen molar-refractivity contribution in [3.8, 4) is 5.69 Å². The van der Waals surface area contributed by atoms with Crippen LogP contribution in [0.2, 0.25) is 0 Å². The summed E-state index contributed by atoms with van der Waals surface area (Å²) >= 11 is 0. The Hall–Kier alpha value is -2.93. The van der Waals surface area contributed by atoms with E-state index in [1.807, 2.05) is 59.8 Å². The van der Waals surface area contributed by atoms with E-state index in [4.69, 9.17) is 4.52 Å². The molecule has 0 spiro atoms. The summed E-state index contributed by atoms with van der Waals surface area (Å²) in [6, 6.07) is 11.6. The number of amides is 1. The molecule has 1 aliphatic heterocycles. The van der Waals surface area contributed by atoms with Gasteiger partial charge >= 0.3 is 0 Å². The molecule has 0 aliphatic carbocycles. The molecule has 4 rings (SSSR count). The molecule has 1 aliphatic rings. The van der Waals surface area contributed by atoms with Gasteiger partial charge in [0.2, 0.25) is 0 Å². The molecular weight excluding hydrogens is 342 g/mol. The Kier molecular flexibility index (Phi) is 4.77. The van der Waals surface area contributed by atoms with E-state index in [0.717, 1.165) is 42.5 Å². The van der Waals surface area contributed by atoms with Crippen LogP contribution in [-0.2, 0) is 6.54 Å². The monoisotopic (exact) mass is 365 g/mol. The van der Waals surface area contributed by atoms with Crippen LogP contribution in [0.25, 0.3) is 5.69 Å². The molecule has 1 saturated heterocycles. The second-order valence-electron chi connectivity index (χ2n) is 6.93. The Morgan fingerprint density at radius 3 is 2.41 bits per heavy atom. The average molecular weight is 365 g/mol. The first-order chi connectivity index (χ1) is 13.1. The smallest absolute Gasteiger partial charge is 0.253 e. The van der Waals surface area contributed by atoms with Crippen LogP contribution in [0.3, 0.4) is 0 Å². The van der Waals surface area contributed by atoms with Gasteiger partial charge in [0.05, 0.1) is 17.9 Å². The van der Waals surface area contributed by atoms with Gasteiger partial charge in [-0.05, 0) is 44.2 Å². The molecule has 7 nitrogen and oxygen atoms in total. The lowest BCUT2D eigenvalue weighted by molar-refractivity contribution is 0.0617. The lowest BCUT2D eigenvalue weighted by atomic mass is 10.1. The Balaban J connectivity index is 1.35. The normalized spacial score (nSPS) is 15.3. The third kappa shape index (κ3) is 3.78. The van der Waals surface area contributed by atoms with Gasteiger partial charge in [-0.1, -0.05) is 5.16 Å². The standard InChI is InChI=1S/C20H23N5O2/c1-15-13-19(27-22-15)14-23-9-11-24(12-10-23)20(26)17-3-5-18(6-4-17)25-16(2)7-8-21-25/h3-8,13H,9-12,14H2,1-2H3. The topological polar surface area (TPSA) is 67.4 Å². The quantitative estimate of drug-likeness (QED) is 0.710. The predicted octanol–water partition coefficient (Wildman–Crippen LogP) is 2.44. The number of hydrogen-bond donors (Lipinski definition) is 0. The molecule has 1 fully saturated rings. The Bertz CT molecular complexity index is 920. The van der Waals surface area contributed by atoms with Crippen molar-refractivity contribution in [3.63, 3.8) is 0 Å². The van der Waals surface area contributed by atoms with Gasteiger partial charge in [-0.15, -0.1) is 0 Å². The molecule has 140 valence electrons. The van der Waals surface area contributed by atoms with Gasteiger partial charge in [0, 0.05) is 49.7 Å². The van der Waals surface area contributed by atoms with Crippen molar-refractivity contribution in [2.45, 2.75) is 20.4 Å². The summed E-state index contributed by atoms with van der Waals surface area (Å²) in [6.07, 6.45) is 1.77. The van der Waals surface area contributed by atoms with E-state index < -0.39 is 0 Å². The molecule has 2 aromatic heterocycles. The molecule has 27 heavy (non-hydrogen) atoms. The Labute approximate surface area is 158 Å². The van der Waals surface area contributed by atoms with E-state index in [0.29, 0.717) is 18.7 Å². The van der Waals surface area contributed by atoms with Crippen molar-refractivity contribution >= 4 is 5.91 Å². The van der Waals surface area contributed by atoms with Gasteiger partial charge in [-0.2, -0.15) is 5.10 Å². The highest BCUT2D eigenvalue weighted by molar-refractivity contribution is 5.94. The van der Waals surface area contributed by atoms with Crippen LogP contribution < -0.4 is 0 Å². The van der Waals surface area contributed by atoms with Crippen molar-refractivity contribution < 1.29 is 9.32 Å². The minimum absolute atomic E-state index is 0.0777. The van der Waals surface area contributed by atoms with Crippen molar-refractivity contribution in [3.05, 3.63) is 65.3 Å². The molecule has 0 N–H and O–H groups in total. The maximum Gasteiger partial charge on any atom is 0.253 e. The molecule has 7 heteroatoms. The first-order valence-corrected chi connectivity index (χ1v) is 9.15. The summed E-state index contributed by atoms with van der Waals surface area (Å²) in [5.74, 6) is 0.950. The first-order valence-electron chi connectivity index (χ1n) is 9.15. The fourth-order valence-corrected chi connectivity index (χ4v) is 3.39. The fourth-order valence-electron chi connectivity index (χ4n) is 3.39. The van der Waals surface area contributed by atoms with Crippen molar-refractivity contribution in [2.24, 2.45) is 0 Å². The lowest BCUT2D eigenvalue weighted by Gasteiger charge is -2.34. The molecule has 0 bridgehead atoms. The minimum atomic E-state index is 0.0777. The predicted molar refractivity (Wildman–Crippen MR) is 101 cm³/mol. The zero-order valence-corrected chi connectivity index (χ0v) is 15.6. The molecule has 0 atom stereocenters. The van der Waals surface area contributed by atoms with Crippen LogP contribution in [0.15, 0.2) is 47.1 Å². The minimum Gasteiger partial charge on any atom is -0.360 e. The van der Waals surface area contributed by atoms with Crippen LogP contribution in [-0.4, -0.2) is 56.8 Å². The van der Waals surface area contributed by atoms with E-state index in [1.165, 1.54) is 0 Å². The Morgan fingerprint density at radius 2 is 1.81 bits per heavy atom. The van der Waals surface area contributed by atoms with E-state index in [9.17, 15) is 4.79 Å². The summed E-state index contributed by atoms with van der Waals surface area (Å²) in [5, 5.41) is 8.22. The average Bonchev–Trinajstić information content (AvgIpc) is 3.30. The zero-order chi connectivity index (χ0) is 18.8. The van der Waals surface area contributed by atoms with Gasteiger partial charge in [-0.3, -0.25) is 9.69 Å². The molecule has 3 aromatic rings. The number of nitrogens with zero attached hydrogens (tertiary/aromatic N) is 5. The van der Waals surface area contributed by atoms with Crippen LogP contribution in [0.4, 0.5) is 0 Å². The number of rotatable bonds is 4. The van der Waals surface area contributed by atoms with Gasteiger partial charge in [-0.25, -0.2) is 4.68 Å². The zero-order valence-electron chi connectivity index (χ0n) is 15.6. The second kappa shape index (κ2) is 7.36. The highest BCUT2D eigenvalue weighted by Crippen LogP contribution is 2.15. The fraction of sp³-hybridized carbons (Fsp3) is 0.350. The van der Waals surface area contributed by atoms with Crippen LogP contribution in [0, 0.1) is 13.8 Å². The van der Waals surface area contributed by atoms with Crippen LogP contribution in [0.5, 0.6) is 0 Å². The number of piperazine rings is 1. The van der Waals surface area contributed by atoms with Crippen molar-refractivity contribution in [1.82, 2.24) is 24.7 Å². The van der Waals surface area contributed by atoms with Crippen LogP contribution in [0.1, 0.15) is 27.5 Å². The van der Waals surface area contributed by atoms with Crippen molar-refractivity contribution in [1.29, 1.82) is 0 Å². The number of benzene rings is 1. The SMILES string of the molecule is Cc1cc(CN2CCN(C(=O)c3ccc(-n4nccc4C)cc3)CC2)on1. The highest BCUT2D eigenvalue weighted by Gasteiger charge is 2.23. The number of hydrogen-bond acceptors (Lipinski definition) is 5. The van der Waals surface area contributed by atoms with Crippen LogP contribution >= 0.6 is 0 Å². The third-order valence-corrected chi connectivity index (χ3v) is 4.91. The number of aryl methyl sites for hydroxylation is 2. The molecule has 1 amide bonds. The maximum atomic E-state index is 12.8. The molecule has 3 heterocycles. The largest absolute Gasteiger partial charge is 0.360 e. The maximum absolute atomic E-state index is 12.8. The first kappa shape index (κ1) is 17.5. The molecular formula is C20H23N5O2. The van der Waals surface area contributed by atoms with Gasteiger partial charge < -0.3 is 9.42 Å². The van der Waals surface area contributed by atoms with E-state index >= 15 is 0 Å². The molecule has 0 radical (unpaired) electrons. The summed E-state index contributed by atoms with van der Waals surface area (Å²) in [7, 11) is 0.